The minimum absolute atomic E-state index is 0.111. The molecular formula is C18H23BrN4O4. The molecule has 0 radical (unpaired) electrons. The van der Waals surface area contributed by atoms with E-state index >= 15 is 0 Å². The smallest absolute Gasteiger partial charge is 0.322 e. The molecule has 0 aliphatic carbocycles. The third-order valence-corrected chi connectivity index (χ3v) is 4.06. The first-order chi connectivity index (χ1) is 13.0. The van der Waals surface area contributed by atoms with Gasteiger partial charge in [0, 0.05) is 36.0 Å². The number of halogens is 1. The zero-order valence-corrected chi connectivity index (χ0v) is 16.9. The molecule has 146 valence electrons. The Balaban J connectivity index is 1.96. The number of hydrogen-bond donors (Lipinski definition) is 2. The lowest BCUT2D eigenvalue weighted by Crippen LogP contribution is -2.41. The van der Waals surface area contributed by atoms with Crippen molar-refractivity contribution in [1.29, 1.82) is 0 Å². The number of rotatable bonds is 9. The fraction of sp³-hybridized carbons (Fsp3) is 0.389. The second kappa shape index (κ2) is 10.7. The Hall–Kier alpha value is -2.39. The van der Waals surface area contributed by atoms with Crippen LogP contribution in [-0.4, -0.2) is 48.3 Å². The number of nitrogens with one attached hydrogen (secondary N) is 2. The molecule has 2 aromatic rings. The van der Waals surface area contributed by atoms with Gasteiger partial charge < -0.3 is 24.8 Å². The topological polar surface area (TPSA) is 96.7 Å². The summed E-state index contributed by atoms with van der Waals surface area (Å²) in [7, 11) is 0. The zero-order chi connectivity index (χ0) is 19.6. The van der Waals surface area contributed by atoms with E-state index in [1.54, 1.807) is 25.1 Å². The number of carbonyl (C=O) groups excluding carboxylic acids is 2. The average molecular weight is 439 g/mol. The van der Waals surface area contributed by atoms with Gasteiger partial charge in [0.25, 0.3) is 0 Å². The van der Waals surface area contributed by atoms with Crippen LogP contribution in [0.4, 0.5) is 16.3 Å². The highest BCUT2D eigenvalue weighted by molar-refractivity contribution is 9.10. The number of amides is 3. The summed E-state index contributed by atoms with van der Waals surface area (Å²) < 4.78 is 11.1. The van der Waals surface area contributed by atoms with Crippen LogP contribution in [0.5, 0.6) is 0 Å². The number of hydrogen-bond acceptors (Lipinski definition) is 5. The van der Waals surface area contributed by atoms with E-state index in [9.17, 15) is 9.59 Å². The van der Waals surface area contributed by atoms with Gasteiger partial charge in [-0.05, 0) is 44.5 Å². The number of carbonyl (C=O) groups is 2. The molecule has 2 N–H and O–H groups in total. The van der Waals surface area contributed by atoms with Crippen molar-refractivity contribution in [3.05, 3.63) is 40.6 Å². The first-order valence-corrected chi connectivity index (χ1v) is 9.39. The van der Waals surface area contributed by atoms with E-state index in [-0.39, 0.29) is 18.5 Å². The Morgan fingerprint density at radius 1 is 1.26 bits per heavy atom. The van der Waals surface area contributed by atoms with Crippen LogP contribution in [0.3, 0.4) is 0 Å². The summed E-state index contributed by atoms with van der Waals surface area (Å²) in [6.07, 6.45) is 0.623. The summed E-state index contributed by atoms with van der Waals surface area (Å²) in [5.41, 5.74) is 0.644. The van der Waals surface area contributed by atoms with E-state index in [2.05, 4.69) is 31.7 Å². The van der Waals surface area contributed by atoms with E-state index in [1.807, 2.05) is 19.1 Å². The highest BCUT2D eigenvalue weighted by Crippen LogP contribution is 2.15. The Kier molecular flexibility index (Phi) is 8.28. The maximum absolute atomic E-state index is 12.6. The largest absolute Gasteiger partial charge is 0.382 e. The number of aryl methyl sites for hydroxylation is 1. The van der Waals surface area contributed by atoms with Gasteiger partial charge in [0.1, 0.15) is 12.3 Å². The molecule has 0 bridgehead atoms. The number of benzene rings is 1. The highest BCUT2D eigenvalue weighted by atomic mass is 79.9. The molecule has 1 aromatic heterocycles. The van der Waals surface area contributed by atoms with E-state index in [1.165, 1.54) is 4.90 Å². The summed E-state index contributed by atoms with van der Waals surface area (Å²) in [5, 5.41) is 9.13. The Morgan fingerprint density at radius 3 is 2.63 bits per heavy atom. The molecule has 8 nitrogen and oxygen atoms in total. The van der Waals surface area contributed by atoms with Gasteiger partial charge in [-0.25, -0.2) is 4.79 Å². The minimum Gasteiger partial charge on any atom is -0.382 e. The molecule has 0 spiro atoms. The Labute approximate surface area is 166 Å². The minimum atomic E-state index is -0.361. The SMILES string of the molecule is CCOCCCN(CC(=O)Nc1cc(C)on1)C(=O)Nc1ccc(Br)cc1. The van der Waals surface area contributed by atoms with Crippen molar-refractivity contribution in [3.63, 3.8) is 0 Å². The third kappa shape index (κ3) is 7.40. The van der Waals surface area contributed by atoms with Gasteiger partial charge >= 0.3 is 6.03 Å². The van der Waals surface area contributed by atoms with E-state index in [4.69, 9.17) is 9.26 Å². The summed E-state index contributed by atoms with van der Waals surface area (Å²) >= 11 is 3.35. The summed E-state index contributed by atoms with van der Waals surface area (Å²) in [6.45, 7) is 5.04. The molecule has 3 amide bonds. The van der Waals surface area contributed by atoms with E-state index in [0.717, 1.165) is 4.47 Å². The van der Waals surface area contributed by atoms with Crippen LogP contribution in [0.1, 0.15) is 19.1 Å². The van der Waals surface area contributed by atoms with E-state index < -0.39 is 0 Å². The summed E-state index contributed by atoms with van der Waals surface area (Å²) in [5.74, 6) is 0.553. The molecule has 1 aromatic carbocycles. The molecule has 0 atom stereocenters. The second-order valence-electron chi connectivity index (χ2n) is 5.78. The molecule has 0 unspecified atom stereocenters. The van der Waals surface area contributed by atoms with Crippen LogP contribution >= 0.6 is 15.9 Å². The van der Waals surface area contributed by atoms with Crippen LogP contribution in [-0.2, 0) is 9.53 Å². The lowest BCUT2D eigenvalue weighted by Gasteiger charge is -2.22. The molecule has 2 rings (SSSR count). The Morgan fingerprint density at radius 2 is 2.00 bits per heavy atom. The molecule has 0 fully saturated rings. The molecular weight excluding hydrogens is 416 g/mol. The van der Waals surface area contributed by atoms with Crippen molar-refractivity contribution in [2.45, 2.75) is 20.3 Å². The molecule has 0 aliphatic heterocycles. The maximum atomic E-state index is 12.6. The number of nitrogens with zero attached hydrogens (tertiary/aromatic N) is 2. The molecule has 1 heterocycles. The Bertz CT molecular complexity index is 748. The van der Waals surface area contributed by atoms with Gasteiger partial charge in [-0.15, -0.1) is 0 Å². The summed E-state index contributed by atoms with van der Waals surface area (Å²) in [6, 6.07) is 8.46. The summed E-state index contributed by atoms with van der Waals surface area (Å²) in [4.78, 5) is 26.3. The lowest BCUT2D eigenvalue weighted by atomic mass is 10.3. The number of aromatic nitrogens is 1. The fourth-order valence-electron chi connectivity index (χ4n) is 2.27. The van der Waals surface area contributed by atoms with Crippen LogP contribution in [0, 0.1) is 6.92 Å². The molecule has 0 saturated carbocycles. The maximum Gasteiger partial charge on any atom is 0.322 e. The highest BCUT2D eigenvalue weighted by Gasteiger charge is 2.18. The van der Waals surface area contributed by atoms with Gasteiger partial charge in [0.05, 0.1) is 0 Å². The predicted octanol–water partition coefficient (Wildman–Crippen LogP) is 3.64. The van der Waals surface area contributed by atoms with Gasteiger partial charge in [-0.1, -0.05) is 21.1 Å². The molecule has 9 heteroatoms. The van der Waals surface area contributed by atoms with Crippen molar-refractivity contribution in [2.75, 3.05) is 36.9 Å². The lowest BCUT2D eigenvalue weighted by molar-refractivity contribution is -0.116. The van der Waals surface area contributed by atoms with Gasteiger partial charge in [-0.3, -0.25) is 4.79 Å². The average Bonchev–Trinajstić information content (AvgIpc) is 3.04. The predicted molar refractivity (Wildman–Crippen MR) is 106 cm³/mol. The number of ether oxygens (including phenoxy) is 1. The van der Waals surface area contributed by atoms with Gasteiger partial charge in [0.15, 0.2) is 5.82 Å². The van der Waals surface area contributed by atoms with E-state index in [0.29, 0.717) is 43.4 Å². The second-order valence-corrected chi connectivity index (χ2v) is 6.70. The molecule has 0 saturated heterocycles. The monoisotopic (exact) mass is 438 g/mol. The number of anilines is 2. The standard InChI is InChI=1S/C18H23BrN4O4/c1-3-26-10-4-9-23(12-17(24)21-16-11-13(2)27-22-16)18(25)20-15-7-5-14(19)6-8-15/h5-8,11H,3-4,9-10,12H2,1-2H3,(H,20,25)(H,21,22,24). The molecule has 0 aliphatic rings. The first kappa shape index (κ1) is 20.9. The van der Waals surface area contributed by atoms with Crippen molar-refractivity contribution in [2.24, 2.45) is 0 Å². The van der Waals surface area contributed by atoms with Gasteiger partial charge in [-0.2, -0.15) is 0 Å². The quantitative estimate of drug-likeness (QED) is 0.582. The van der Waals surface area contributed by atoms with Crippen LogP contribution < -0.4 is 10.6 Å². The normalized spacial score (nSPS) is 10.5. The number of urea groups is 1. The fourth-order valence-corrected chi connectivity index (χ4v) is 2.54. The zero-order valence-electron chi connectivity index (χ0n) is 15.3. The van der Waals surface area contributed by atoms with Gasteiger partial charge in [0.2, 0.25) is 5.91 Å². The van der Waals surface area contributed by atoms with Crippen molar-refractivity contribution in [1.82, 2.24) is 10.1 Å². The van der Waals surface area contributed by atoms with Crippen molar-refractivity contribution in [3.8, 4) is 0 Å². The van der Waals surface area contributed by atoms with Crippen LogP contribution in [0.15, 0.2) is 39.3 Å². The van der Waals surface area contributed by atoms with Crippen LogP contribution in [0.25, 0.3) is 0 Å². The van der Waals surface area contributed by atoms with Crippen molar-refractivity contribution < 1.29 is 18.8 Å². The third-order valence-electron chi connectivity index (χ3n) is 3.53. The molecule has 27 heavy (non-hydrogen) atoms. The van der Waals surface area contributed by atoms with Crippen LogP contribution in [0.2, 0.25) is 0 Å². The first-order valence-electron chi connectivity index (χ1n) is 8.60. The van der Waals surface area contributed by atoms with Crippen molar-refractivity contribution >= 4 is 39.4 Å².